The number of benzene rings is 1. The molecule has 0 aromatic heterocycles. The zero-order chi connectivity index (χ0) is 31.4. The van der Waals surface area contributed by atoms with Gasteiger partial charge in [-0.15, -0.1) is 12.4 Å². The molecule has 0 saturated carbocycles. The lowest BCUT2D eigenvalue weighted by molar-refractivity contribution is 0.252. The van der Waals surface area contributed by atoms with Gasteiger partial charge < -0.3 is 0 Å². The lowest BCUT2D eigenvalue weighted by Gasteiger charge is -2.22. The van der Waals surface area contributed by atoms with Crippen molar-refractivity contribution in [1.82, 2.24) is 4.90 Å². The number of hydrogen-bond acceptors (Lipinski definition) is 1. The summed E-state index contributed by atoms with van der Waals surface area (Å²) in [6.45, 7) is 8.32. The Morgan fingerprint density at radius 3 is 0.844 bits per heavy atom. The molecule has 0 N–H and O–H groups in total. The molecular formula is C43H82ClN. The molecule has 0 radical (unpaired) electrons. The molecule has 2 heteroatoms. The van der Waals surface area contributed by atoms with Crippen molar-refractivity contribution in [2.75, 3.05) is 13.1 Å². The molecule has 266 valence electrons. The van der Waals surface area contributed by atoms with Gasteiger partial charge in [0.2, 0.25) is 0 Å². The molecule has 1 aromatic carbocycles. The Balaban J connectivity index is 0.0000194. The summed E-state index contributed by atoms with van der Waals surface area (Å²) in [7, 11) is 0. The Hall–Kier alpha value is -0.530. The molecule has 0 amide bonds. The monoisotopic (exact) mass is 648 g/mol. The van der Waals surface area contributed by atoms with E-state index in [0.29, 0.717) is 0 Å². The fourth-order valence-corrected chi connectivity index (χ4v) is 6.88. The van der Waals surface area contributed by atoms with Crippen LogP contribution in [0.4, 0.5) is 0 Å². The van der Waals surface area contributed by atoms with Crippen LogP contribution < -0.4 is 0 Å². The summed E-state index contributed by atoms with van der Waals surface area (Å²) in [5.74, 6) is 0. The van der Waals surface area contributed by atoms with Crippen LogP contribution in [-0.4, -0.2) is 18.0 Å². The lowest BCUT2D eigenvalue weighted by atomic mass is 10.0. The first-order valence-corrected chi connectivity index (χ1v) is 20.6. The van der Waals surface area contributed by atoms with E-state index >= 15 is 0 Å². The third-order valence-corrected chi connectivity index (χ3v) is 9.90. The molecule has 0 aliphatic rings. The molecule has 0 aliphatic heterocycles. The first-order valence-electron chi connectivity index (χ1n) is 20.6. The SMILES string of the molecule is CCCCCCCCCCCCCCCCCCN(CCCCCCCCCCCCCCCCCC)Cc1ccccc1.Cl. The first kappa shape index (κ1) is 44.5. The van der Waals surface area contributed by atoms with E-state index < -0.39 is 0 Å². The predicted molar refractivity (Wildman–Crippen MR) is 208 cm³/mol. The van der Waals surface area contributed by atoms with Crippen molar-refractivity contribution < 1.29 is 0 Å². The molecule has 0 aliphatic carbocycles. The maximum Gasteiger partial charge on any atom is 0.0233 e. The predicted octanol–water partition coefficient (Wildman–Crippen LogP) is 15.4. The van der Waals surface area contributed by atoms with Gasteiger partial charge in [0.1, 0.15) is 0 Å². The van der Waals surface area contributed by atoms with Gasteiger partial charge >= 0.3 is 0 Å². The van der Waals surface area contributed by atoms with E-state index in [4.69, 9.17) is 0 Å². The summed E-state index contributed by atoms with van der Waals surface area (Å²) in [5, 5.41) is 0. The topological polar surface area (TPSA) is 3.24 Å². The average molecular weight is 649 g/mol. The Bertz CT molecular complexity index is 611. The summed E-state index contributed by atoms with van der Waals surface area (Å²) < 4.78 is 0. The van der Waals surface area contributed by atoms with E-state index in [0.717, 1.165) is 6.54 Å². The molecule has 45 heavy (non-hydrogen) atoms. The number of hydrogen-bond donors (Lipinski definition) is 0. The molecular weight excluding hydrogens is 566 g/mol. The Morgan fingerprint density at radius 1 is 0.333 bits per heavy atom. The zero-order valence-electron chi connectivity index (χ0n) is 31.0. The Labute approximate surface area is 291 Å². The van der Waals surface area contributed by atoms with E-state index in [2.05, 4.69) is 49.1 Å². The molecule has 1 aromatic rings. The van der Waals surface area contributed by atoms with Crippen molar-refractivity contribution in [3.05, 3.63) is 35.9 Å². The van der Waals surface area contributed by atoms with Crippen LogP contribution in [0.2, 0.25) is 0 Å². The van der Waals surface area contributed by atoms with Crippen molar-refractivity contribution in [1.29, 1.82) is 0 Å². The van der Waals surface area contributed by atoms with E-state index in [1.807, 2.05) is 0 Å². The van der Waals surface area contributed by atoms with Crippen LogP contribution in [0.1, 0.15) is 225 Å². The third kappa shape index (κ3) is 33.2. The van der Waals surface area contributed by atoms with Gasteiger partial charge in [0, 0.05) is 6.54 Å². The average Bonchev–Trinajstić information content (AvgIpc) is 3.04. The summed E-state index contributed by atoms with van der Waals surface area (Å²) in [5.41, 5.74) is 1.49. The molecule has 0 bridgehead atoms. The molecule has 0 heterocycles. The van der Waals surface area contributed by atoms with Crippen molar-refractivity contribution in [2.24, 2.45) is 0 Å². The van der Waals surface area contributed by atoms with Gasteiger partial charge in [-0.2, -0.15) is 0 Å². The molecule has 0 saturated heterocycles. The van der Waals surface area contributed by atoms with Crippen molar-refractivity contribution in [3.8, 4) is 0 Å². The highest BCUT2D eigenvalue weighted by Crippen LogP contribution is 2.16. The maximum absolute atomic E-state index is 2.75. The first-order chi connectivity index (χ1) is 21.9. The second-order valence-corrected chi connectivity index (χ2v) is 14.4. The molecule has 1 rings (SSSR count). The number of unbranched alkanes of at least 4 members (excludes halogenated alkanes) is 30. The summed E-state index contributed by atoms with van der Waals surface area (Å²) in [4.78, 5) is 2.75. The highest BCUT2D eigenvalue weighted by atomic mass is 35.5. The minimum Gasteiger partial charge on any atom is -0.299 e. The smallest absolute Gasteiger partial charge is 0.0233 e. The normalized spacial score (nSPS) is 11.4. The minimum atomic E-state index is 0. The second-order valence-electron chi connectivity index (χ2n) is 14.4. The number of nitrogens with zero attached hydrogens (tertiary/aromatic N) is 1. The minimum absolute atomic E-state index is 0. The fraction of sp³-hybridized carbons (Fsp3) is 0.860. The second kappa shape index (κ2) is 37.9. The molecule has 0 fully saturated rings. The van der Waals surface area contributed by atoms with Gasteiger partial charge in [-0.1, -0.05) is 237 Å². The van der Waals surface area contributed by atoms with Crippen molar-refractivity contribution in [3.63, 3.8) is 0 Å². The van der Waals surface area contributed by atoms with Crippen LogP contribution in [0.15, 0.2) is 30.3 Å². The van der Waals surface area contributed by atoms with E-state index in [1.54, 1.807) is 0 Å². The quantitative estimate of drug-likeness (QED) is 0.0655. The number of halogens is 1. The standard InChI is InChI=1S/C43H81N.ClH/c1-3-5-7-9-11-13-15-17-19-21-23-25-27-29-31-36-40-44(42-43-38-34-33-35-39-43)41-37-32-30-28-26-24-22-20-18-16-14-12-10-8-6-4-2;/h33-35,38-39H,3-32,36-37,40-42H2,1-2H3;1H. The van der Waals surface area contributed by atoms with Gasteiger partial charge in [0.15, 0.2) is 0 Å². The van der Waals surface area contributed by atoms with Crippen LogP contribution in [0.5, 0.6) is 0 Å². The van der Waals surface area contributed by atoms with Crippen LogP contribution in [0, 0.1) is 0 Å². The van der Waals surface area contributed by atoms with Gasteiger partial charge in [-0.05, 0) is 31.5 Å². The van der Waals surface area contributed by atoms with E-state index in [1.165, 1.54) is 224 Å². The van der Waals surface area contributed by atoms with Crippen molar-refractivity contribution >= 4 is 12.4 Å². The highest BCUT2D eigenvalue weighted by molar-refractivity contribution is 5.85. The van der Waals surface area contributed by atoms with Crippen LogP contribution in [0.25, 0.3) is 0 Å². The van der Waals surface area contributed by atoms with Gasteiger partial charge in [-0.25, -0.2) is 0 Å². The summed E-state index contributed by atoms with van der Waals surface area (Å²) in [6.07, 6.45) is 46.4. The Kier molecular flexibility index (Phi) is 37.5. The van der Waals surface area contributed by atoms with Gasteiger partial charge in [0.05, 0.1) is 0 Å². The molecule has 0 atom stereocenters. The van der Waals surface area contributed by atoms with E-state index in [9.17, 15) is 0 Å². The van der Waals surface area contributed by atoms with Crippen LogP contribution >= 0.6 is 12.4 Å². The van der Waals surface area contributed by atoms with E-state index in [-0.39, 0.29) is 12.4 Å². The summed E-state index contributed by atoms with van der Waals surface area (Å²) >= 11 is 0. The van der Waals surface area contributed by atoms with Gasteiger partial charge in [0.25, 0.3) is 0 Å². The highest BCUT2D eigenvalue weighted by Gasteiger charge is 2.06. The van der Waals surface area contributed by atoms with Gasteiger partial charge in [-0.3, -0.25) is 4.90 Å². The molecule has 0 spiro atoms. The van der Waals surface area contributed by atoms with Crippen LogP contribution in [0.3, 0.4) is 0 Å². The van der Waals surface area contributed by atoms with Crippen molar-refractivity contribution in [2.45, 2.75) is 226 Å². The Morgan fingerprint density at radius 2 is 0.578 bits per heavy atom. The third-order valence-electron chi connectivity index (χ3n) is 9.90. The number of rotatable bonds is 36. The molecule has 1 nitrogen and oxygen atoms in total. The summed E-state index contributed by atoms with van der Waals surface area (Å²) in [6, 6.07) is 11.2. The lowest BCUT2D eigenvalue weighted by Crippen LogP contribution is -2.25. The van der Waals surface area contributed by atoms with Crippen LogP contribution in [-0.2, 0) is 6.54 Å². The fourth-order valence-electron chi connectivity index (χ4n) is 6.88. The maximum atomic E-state index is 2.75. The largest absolute Gasteiger partial charge is 0.299 e. The zero-order valence-corrected chi connectivity index (χ0v) is 31.8. The molecule has 0 unspecified atom stereocenters.